The van der Waals surface area contributed by atoms with Gasteiger partial charge in [-0.2, -0.15) is 5.10 Å². The minimum atomic E-state index is -0.859. The standard InChI is InChI=1S/C21H21BrCl2N4O4/c1-11(2)19(27-20(30)12-3-5-15(23)16(24)8-12)21(31)28-26-9-13-7-14(22)4-6-17(13)32-10-18(25)29/h3-9,11,19H,10H2,1-2H3,(H2,25,29)(H,27,30)(H,28,31). The molecule has 0 bridgehead atoms. The predicted octanol–water partition coefficient (Wildman–Crippen LogP) is 3.52. The van der Waals surface area contributed by atoms with Crippen LogP contribution in [0.25, 0.3) is 0 Å². The van der Waals surface area contributed by atoms with Gasteiger partial charge in [0.05, 0.1) is 16.3 Å². The van der Waals surface area contributed by atoms with Gasteiger partial charge in [0.2, 0.25) is 0 Å². The van der Waals surface area contributed by atoms with Crippen LogP contribution in [-0.2, 0) is 9.59 Å². The molecule has 0 heterocycles. The van der Waals surface area contributed by atoms with Crippen LogP contribution in [0.3, 0.4) is 0 Å². The predicted molar refractivity (Wildman–Crippen MR) is 127 cm³/mol. The SMILES string of the molecule is CC(C)C(NC(=O)c1ccc(Cl)c(Cl)c1)C(=O)NN=Cc1cc(Br)ccc1OCC(N)=O. The summed E-state index contributed by atoms with van der Waals surface area (Å²) in [6.45, 7) is 3.27. The minimum Gasteiger partial charge on any atom is -0.483 e. The third-order valence-electron chi connectivity index (χ3n) is 4.14. The number of benzene rings is 2. The van der Waals surface area contributed by atoms with Gasteiger partial charge in [0.1, 0.15) is 11.8 Å². The van der Waals surface area contributed by atoms with E-state index in [1.807, 2.05) is 0 Å². The molecule has 0 aliphatic heterocycles. The Labute approximate surface area is 203 Å². The number of rotatable bonds is 9. The molecular weight excluding hydrogens is 523 g/mol. The summed E-state index contributed by atoms with van der Waals surface area (Å²) in [7, 11) is 0. The molecule has 8 nitrogen and oxygen atoms in total. The van der Waals surface area contributed by atoms with E-state index in [1.165, 1.54) is 24.4 Å². The van der Waals surface area contributed by atoms with Crippen molar-refractivity contribution < 1.29 is 19.1 Å². The molecule has 3 amide bonds. The number of primary amides is 1. The van der Waals surface area contributed by atoms with Crippen molar-refractivity contribution in [3.63, 3.8) is 0 Å². The molecule has 0 aromatic heterocycles. The molecule has 170 valence electrons. The number of hydrazone groups is 1. The van der Waals surface area contributed by atoms with Gasteiger partial charge >= 0.3 is 0 Å². The molecule has 0 saturated carbocycles. The van der Waals surface area contributed by atoms with Crippen molar-refractivity contribution in [3.05, 3.63) is 62.0 Å². The molecule has 32 heavy (non-hydrogen) atoms. The van der Waals surface area contributed by atoms with E-state index in [1.54, 1.807) is 32.0 Å². The second-order valence-corrected chi connectivity index (χ2v) is 8.73. The van der Waals surface area contributed by atoms with Crippen molar-refractivity contribution in [3.8, 4) is 5.75 Å². The maximum Gasteiger partial charge on any atom is 0.262 e. The zero-order valence-electron chi connectivity index (χ0n) is 17.2. The largest absolute Gasteiger partial charge is 0.483 e. The van der Waals surface area contributed by atoms with Crippen molar-refractivity contribution in [1.29, 1.82) is 0 Å². The molecule has 0 aliphatic rings. The monoisotopic (exact) mass is 542 g/mol. The Morgan fingerprint density at radius 2 is 1.88 bits per heavy atom. The molecule has 0 saturated heterocycles. The quantitative estimate of drug-likeness (QED) is 0.330. The third-order valence-corrected chi connectivity index (χ3v) is 5.37. The molecule has 11 heteroatoms. The Balaban J connectivity index is 2.09. The first-order valence-electron chi connectivity index (χ1n) is 9.38. The lowest BCUT2D eigenvalue weighted by Gasteiger charge is -2.20. The topological polar surface area (TPSA) is 123 Å². The second-order valence-electron chi connectivity index (χ2n) is 7.00. The lowest BCUT2D eigenvalue weighted by Crippen LogP contribution is -2.48. The minimum absolute atomic E-state index is 0.225. The van der Waals surface area contributed by atoms with Gasteiger partial charge in [-0.3, -0.25) is 14.4 Å². The number of nitrogens with zero attached hydrogens (tertiary/aromatic N) is 1. The van der Waals surface area contributed by atoms with Crippen LogP contribution in [0.1, 0.15) is 29.8 Å². The maximum atomic E-state index is 12.6. The van der Waals surface area contributed by atoms with Crippen LogP contribution < -0.4 is 21.2 Å². The van der Waals surface area contributed by atoms with E-state index in [0.717, 1.165) is 4.47 Å². The van der Waals surface area contributed by atoms with Crippen molar-refractivity contribution in [2.75, 3.05) is 6.61 Å². The highest BCUT2D eigenvalue weighted by atomic mass is 79.9. The Bertz CT molecular complexity index is 1050. The Morgan fingerprint density at radius 3 is 2.50 bits per heavy atom. The van der Waals surface area contributed by atoms with Crippen LogP contribution in [0.2, 0.25) is 10.0 Å². The highest BCUT2D eigenvalue weighted by molar-refractivity contribution is 9.10. The summed E-state index contributed by atoms with van der Waals surface area (Å²) in [6.07, 6.45) is 1.36. The molecule has 4 N–H and O–H groups in total. The second kappa shape index (κ2) is 11.8. The lowest BCUT2D eigenvalue weighted by molar-refractivity contribution is -0.124. The van der Waals surface area contributed by atoms with Gasteiger partial charge in [-0.15, -0.1) is 0 Å². The highest BCUT2D eigenvalue weighted by Crippen LogP contribution is 2.23. The van der Waals surface area contributed by atoms with E-state index < -0.39 is 23.8 Å². The molecule has 2 aromatic rings. The average Bonchev–Trinajstić information content (AvgIpc) is 2.72. The van der Waals surface area contributed by atoms with Crippen LogP contribution >= 0.6 is 39.1 Å². The number of nitrogens with two attached hydrogens (primary N) is 1. The van der Waals surface area contributed by atoms with Gasteiger partial charge < -0.3 is 15.8 Å². The first kappa shape index (κ1) is 25.6. The number of nitrogens with one attached hydrogen (secondary N) is 2. The zero-order chi connectivity index (χ0) is 23.8. The summed E-state index contributed by atoms with van der Waals surface area (Å²) < 4.78 is 6.08. The number of hydrogen-bond donors (Lipinski definition) is 3. The molecule has 2 rings (SSSR count). The van der Waals surface area contributed by atoms with Crippen molar-refractivity contribution in [2.24, 2.45) is 16.8 Å². The Morgan fingerprint density at radius 1 is 1.16 bits per heavy atom. The van der Waals surface area contributed by atoms with E-state index in [0.29, 0.717) is 16.3 Å². The Kier molecular flexibility index (Phi) is 9.49. The van der Waals surface area contributed by atoms with E-state index in [2.05, 4.69) is 31.8 Å². The molecule has 0 aliphatic carbocycles. The average molecular weight is 544 g/mol. The van der Waals surface area contributed by atoms with Gasteiger partial charge in [-0.05, 0) is 42.3 Å². The van der Waals surface area contributed by atoms with Crippen molar-refractivity contribution in [1.82, 2.24) is 10.7 Å². The molecule has 0 radical (unpaired) electrons. The van der Waals surface area contributed by atoms with Gasteiger partial charge in [-0.1, -0.05) is 53.0 Å². The fraction of sp³-hybridized carbons (Fsp3) is 0.238. The van der Waals surface area contributed by atoms with Crippen molar-refractivity contribution >= 4 is 63.1 Å². The third kappa shape index (κ3) is 7.51. The fourth-order valence-electron chi connectivity index (χ4n) is 2.53. The summed E-state index contributed by atoms with van der Waals surface area (Å²) in [4.78, 5) is 36.2. The van der Waals surface area contributed by atoms with E-state index in [9.17, 15) is 14.4 Å². The highest BCUT2D eigenvalue weighted by Gasteiger charge is 2.24. The number of ether oxygens (including phenoxy) is 1. The lowest BCUT2D eigenvalue weighted by atomic mass is 10.0. The summed E-state index contributed by atoms with van der Waals surface area (Å²) >= 11 is 15.2. The van der Waals surface area contributed by atoms with E-state index >= 15 is 0 Å². The summed E-state index contributed by atoms with van der Waals surface area (Å²) in [6, 6.07) is 8.62. The molecule has 1 atom stereocenters. The summed E-state index contributed by atoms with van der Waals surface area (Å²) in [5.74, 6) is -1.48. The molecule has 0 fully saturated rings. The summed E-state index contributed by atoms with van der Waals surface area (Å²) in [5.41, 5.74) is 8.29. The van der Waals surface area contributed by atoms with Gasteiger partial charge in [0.15, 0.2) is 6.61 Å². The fourth-order valence-corrected chi connectivity index (χ4v) is 3.21. The number of halogens is 3. The zero-order valence-corrected chi connectivity index (χ0v) is 20.3. The van der Waals surface area contributed by atoms with Crippen LogP contribution in [0, 0.1) is 5.92 Å². The summed E-state index contributed by atoms with van der Waals surface area (Å²) in [5, 5.41) is 7.17. The van der Waals surface area contributed by atoms with Gasteiger partial charge in [0.25, 0.3) is 17.7 Å². The van der Waals surface area contributed by atoms with Crippen LogP contribution in [0.15, 0.2) is 46.0 Å². The molecule has 0 spiro atoms. The first-order chi connectivity index (χ1) is 15.1. The van der Waals surface area contributed by atoms with Crippen LogP contribution in [0.4, 0.5) is 0 Å². The van der Waals surface area contributed by atoms with Gasteiger partial charge in [-0.25, -0.2) is 5.43 Å². The number of amides is 3. The normalized spacial score (nSPS) is 11.9. The van der Waals surface area contributed by atoms with Crippen LogP contribution in [-0.4, -0.2) is 36.6 Å². The maximum absolute atomic E-state index is 12.6. The Hall–Kier alpha value is -2.62. The number of hydrogen-bond acceptors (Lipinski definition) is 5. The van der Waals surface area contributed by atoms with E-state index in [4.69, 9.17) is 33.7 Å². The smallest absolute Gasteiger partial charge is 0.262 e. The number of carbonyl (C=O) groups is 3. The molecule has 2 aromatic carbocycles. The van der Waals surface area contributed by atoms with Gasteiger partial charge in [0, 0.05) is 15.6 Å². The first-order valence-corrected chi connectivity index (χ1v) is 10.9. The number of carbonyl (C=O) groups excluding carboxylic acids is 3. The molecule has 1 unspecified atom stereocenters. The molecular formula is C21H21BrCl2N4O4. The van der Waals surface area contributed by atoms with Crippen LogP contribution in [0.5, 0.6) is 5.75 Å². The van der Waals surface area contributed by atoms with Crippen molar-refractivity contribution in [2.45, 2.75) is 19.9 Å². The van der Waals surface area contributed by atoms with E-state index in [-0.39, 0.29) is 23.1 Å².